The van der Waals surface area contributed by atoms with Crippen LogP contribution in [0.5, 0.6) is 0 Å². The number of aryl methyl sites for hydroxylation is 1. The molecule has 0 aromatic heterocycles. The van der Waals surface area contributed by atoms with Crippen molar-refractivity contribution in [2.45, 2.75) is 26.0 Å². The molecule has 0 aliphatic rings. The van der Waals surface area contributed by atoms with Crippen LogP contribution in [0.4, 0.5) is 0 Å². The highest BCUT2D eigenvalue weighted by Crippen LogP contribution is 2.22. The Morgan fingerprint density at radius 2 is 2.07 bits per heavy atom. The van der Waals surface area contributed by atoms with Crippen molar-refractivity contribution in [3.63, 3.8) is 0 Å². The minimum absolute atomic E-state index is 0.0376. The van der Waals surface area contributed by atoms with Gasteiger partial charge in [-0.2, -0.15) is 0 Å². The molecular weight excluding hydrogens is 198 g/mol. The maximum absolute atomic E-state index is 9.90. The predicted octanol–water partition coefficient (Wildman–Crippen LogP) is 2.29. The number of aliphatic hydroxyl groups excluding tert-OH is 1. The summed E-state index contributed by atoms with van der Waals surface area (Å²) in [6, 6.07) is 5.63. The number of nitrogens with one attached hydrogen (secondary N) is 1. The van der Waals surface area contributed by atoms with Crippen LogP contribution in [0.1, 0.15) is 24.2 Å². The lowest BCUT2D eigenvalue weighted by atomic mass is 10.0. The summed E-state index contributed by atoms with van der Waals surface area (Å²) in [7, 11) is 1.83. The first-order valence-electron chi connectivity index (χ1n) is 4.67. The van der Waals surface area contributed by atoms with Crippen LogP contribution in [0.3, 0.4) is 0 Å². The van der Waals surface area contributed by atoms with E-state index < -0.39 is 6.10 Å². The number of halogens is 1. The molecule has 78 valence electrons. The van der Waals surface area contributed by atoms with Crippen LogP contribution in [0.2, 0.25) is 5.02 Å². The zero-order valence-electron chi connectivity index (χ0n) is 8.71. The van der Waals surface area contributed by atoms with Crippen LogP contribution in [-0.2, 0) is 0 Å². The van der Waals surface area contributed by atoms with E-state index in [1.165, 1.54) is 0 Å². The second-order valence-electron chi connectivity index (χ2n) is 3.53. The molecule has 0 spiro atoms. The van der Waals surface area contributed by atoms with E-state index in [1.54, 1.807) is 0 Å². The zero-order chi connectivity index (χ0) is 10.7. The van der Waals surface area contributed by atoms with Crippen LogP contribution >= 0.6 is 11.6 Å². The third kappa shape index (κ3) is 2.47. The second-order valence-corrected chi connectivity index (χ2v) is 3.94. The van der Waals surface area contributed by atoms with Gasteiger partial charge in [0.1, 0.15) is 0 Å². The summed E-state index contributed by atoms with van der Waals surface area (Å²) < 4.78 is 0. The lowest BCUT2D eigenvalue weighted by Crippen LogP contribution is -2.28. The van der Waals surface area contributed by atoms with Crippen molar-refractivity contribution in [2.75, 3.05) is 7.05 Å². The Bertz CT molecular complexity index is 314. The summed E-state index contributed by atoms with van der Waals surface area (Å²) in [6.45, 7) is 3.87. The molecular formula is C11H16ClNO. The second kappa shape index (κ2) is 4.78. The highest BCUT2D eigenvalue weighted by atomic mass is 35.5. The SMILES string of the molecule is CNC(C)C(O)c1ccc(Cl)c(C)c1. The third-order valence-electron chi connectivity index (χ3n) is 2.45. The molecule has 0 fully saturated rings. The minimum Gasteiger partial charge on any atom is -0.387 e. The van der Waals surface area contributed by atoms with Crippen molar-refractivity contribution in [2.24, 2.45) is 0 Å². The summed E-state index contributed by atoms with van der Waals surface area (Å²) in [6.07, 6.45) is -0.490. The Morgan fingerprint density at radius 1 is 1.43 bits per heavy atom. The Balaban J connectivity index is 2.91. The molecule has 0 saturated heterocycles. The number of hydrogen-bond donors (Lipinski definition) is 2. The van der Waals surface area contributed by atoms with Gasteiger partial charge in [-0.05, 0) is 38.1 Å². The van der Waals surface area contributed by atoms with Crippen LogP contribution in [-0.4, -0.2) is 18.2 Å². The normalized spacial score (nSPS) is 15.2. The highest BCUT2D eigenvalue weighted by molar-refractivity contribution is 6.31. The average molecular weight is 214 g/mol. The van der Waals surface area contributed by atoms with E-state index in [9.17, 15) is 5.11 Å². The fourth-order valence-corrected chi connectivity index (χ4v) is 1.42. The van der Waals surface area contributed by atoms with E-state index in [2.05, 4.69) is 5.32 Å². The smallest absolute Gasteiger partial charge is 0.0940 e. The summed E-state index contributed by atoms with van der Waals surface area (Å²) in [5, 5.41) is 13.6. The number of benzene rings is 1. The molecule has 1 aromatic rings. The maximum Gasteiger partial charge on any atom is 0.0940 e. The quantitative estimate of drug-likeness (QED) is 0.808. The molecule has 0 heterocycles. The molecule has 2 unspecified atom stereocenters. The van der Waals surface area contributed by atoms with Gasteiger partial charge in [0.05, 0.1) is 6.10 Å². The summed E-state index contributed by atoms with van der Waals surface area (Å²) in [5.74, 6) is 0. The Hall–Kier alpha value is -0.570. The fraction of sp³-hybridized carbons (Fsp3) is 0.455. The molecule has 2 nitrogen and oxygen atoms in total. The summed E-state index contributed by atoms with van der Waals surface area (Å²) >= 11 is 5.90. The Morgan fingerprint density at radius 3 is 2.57 bits per heavy atom. The van der Waals surface area contributed by atoms with Gasteiger partial charge in [-0.1, -0.05) is 23.7 Å². The molecule has 0 radical (unpaired) electrons. The van der Waals surface area contributed by atoms with Gasteiger partial charge in [0.15, 0.2) is 0 Å². The van der Waals surface area contributed by atoms with E-state index in [0.717, 1.165) is 16.1 Å². The van der Waals surface area contributed by atoms with Gasteiger partial charge in [-0.3, -0.25) is 0 Å². The molecule has 0 bridgehead atoms. The van der Waals surface area contributed by atoms with E-state index in [1.807, 2.05) is 39.1 Å². The van der Waals surface area contributed by atoms with Crippen LogP contribution in [0, 0.1) is 6.92 Å². The summed E-state index contributed by atoms with van der Waals surface area (Å²) in [5.41, 5.74) is 1.89. The van der Waals surface area contributed by atoms with Crippen molar-refractivity contribution >= 4 is 11.6 Å². The van der Waals surface area contributed by atoms with Crippen molar-refractivity contribution in [3.05, 3.63) is 34.3 Å². The minimum atomic E-state index is -0.490. The average Bonchev–Trinajstić information content (AvgIpc) is 2.20. The van der Waals surface area contributed by atoms with Crippen molar-refractivity contribution in [1.29, 1.82) is 0 Å². The highest BCUT2D eigenvalue weighted by Gasteiger charge is 2.14. The molecule has 1 rings (SSSR count). The van der Waals surface area contributed by atoms with Crippen LogP contribution in [0.15, 0.2) is 18.2 Å². The molecule has 0 aliphatic carbocycles. The fourth-order valence-electron chi connectivity index (χ4n) is 1.30. The topological polar surface area (TPSA) is 32.3 Å². The number of likely N-dealkylation sites (N-methyl/N-ethyl adjacent to an activating group) is 1. The van der Waals surface area contributed by atoms with Gasteiger partial charge >= 0.3 is 0 Å². The zero-order valence-corrected chi connectivity index (χ0v) is 9.47. The van der Waals surface area contributed by atoms with Crippen molar-refractivity contribution < 1.29 is 5.11 Å². The van der Waals surface area contributed by atoms with E-state index in [-0.39, 0.29) is 6.04 Å². The lowest BCUT2D eigenvalue weighted by Gasteiger charge is -2.19. The van der Waals surface area contributed by atoms with Gasteiger partial charge in [0.25, 0.3) is 0 Å². The first-order chi connectivity index (χ1) is 6.56. The van der Waals surface area contributed by atoms with Gasteiger partial charge in [-0.15, -0.1) is 0 Å². The van der Waals surface area contributed by atoms with Gasteiger partial charge in [-0.25, -0.2) is 0 Å². The molecule has 2 atom stereocenters. The predicted molar refractivity (Wildman–Crippen MR) is 59.7 cm³/mol. The number of hydrogen-bond acceptors (Lipinski definition) is 2. The third-order valence-corrected chi connectivity index (χ3v) is 2.88. The standard InChI is InChI=1S/C11H16ClNO/c1-7-6-9(4-5-10(7)12)11(14)8(2)13-3/h4-6,8,11,13-14H,1-3H3. The summed E-state index contributed by atoms with van der Waals surface area (Å²) in [4.78, 5) is 0. The van der Waals surface area contributed by atoms with Crippen molar-refractivity contribution in [1.82, 2.24) is 5.32 Å². The largest absolute Gasteiger partial charge is 0.387 e. The van der Waals surface area contributed by atoms with E-state index >= 15 is 0 Å². The molecule has 1 aromatic carbocycles. The lowest BCUT2D eigenvalue weighted by molar-refractivity contribution is 0.140. The molecule has 0 saturated carbocycles. The molecule has 2 N–H and O–H groups in total. The van der Waals surface area contributed by atoms with Crippen molar-refractivity contribution in [3.8, 4) is 0 Å². The number of rotatable bonds is 3. The Kier molecular flexibility index (Phi) is 3.93. The maximum atomic E-state index is 9.90. The molecule has 14 heavy (non-hydrogen) atoms. The monoisotopic (exact) mass is 213 g/mol. The van der Waals surface area contributed by atoms with Gasteiger partial charge in [0, 0.05) is 11.1 Å². The molecule has 3 heteroatoms. The molecule has 0 amide bonds. The molecule has 0 aliphatic heterocycles. The van der Waals surface area contributed by atoms with Gasteiger partial charge < -0.3 is 10.4 Å². The van der Waals surface area contributed by atoms with E-state index in [4.69, 9.17) is 11.6 Å². The van der Waals surface area contributed by atoms with Crippen LogP contribution < -0.4 is 5.32 Å². The van der Waals surface area contributed by atoms with E-state index in [0.29, 0.717) is 0 Å². The van der Waals surface area contributed by atoms with Gasteiger partial charge in [0.2, 0.25) is 0 Å². The Labute approximate surface area is 89.9 Å². The first kappa shape index (κ1) is 11.5. The van der Waals surface area contributed by atoms with Crippen LogP contribution in [0.25, 0.3) is 0 Å². The first-order valence-corrected chi connectivity index (χ1v) is 5.05. The number of aliphatic hydroxyl groups is 1.